The molecule has 0 saturated carbocycles. The van der Waals surface area contributed by atoms with E-state index in [4.69, 9.17) is 9.72 Å². The highest BCUT2D eigenvalue weighted by molar-refractivity contribution is 6.08. The van der Waals surface area contributed by atoms with Crippen LogP contribution in [0.1, 0.15) is 33.6 Å². The van der Waals surface area contributed by atoms with Crippen molar-refractivity contribution in [3.05, 3.63) is 77.0 Å². The molecular weight excluding hydrogens is 394 g/mol. The van der Waals surface area contributed by atoms with E-state index in [1.165, 1.54) is 7.05 Å². The summed E-state index contributed by atoms with van der Waals surface area (Å²) in [5, 5.41) is 5.02. The third kappa shape index (κ3) is 4.30. The van der Waals surface area contributed by atoms with Gasteiger partial charge in [-0.25, -0.2) is 14.6 Å². The Hall–Kier alpha value is -4.00. The van der Waals surface area contributed by atoms with E-state index in [1.807, 2.05) is 54.6 Å². The molecule has 0 spiro atoms. The molecule has 0 saturated heterocycles. The summed E-state index contributed by atoms with van der Waals surface area (Å²) in [5.41, 5.74) is 4.82. The molecule has 1 aliphatic rings. The first-order valence-electron chi connectivity index (χ1n) is 9.93. The Labute approximate surface area is 179 Å². The molecule has 31 heavy (non-hydrogen) atoms. The lowest BCUT2D eigenvalue weighted by Crippen LogP contribution is -2.39. The molecule has 0 radical (unpaired) electrons. The van der Waals surface area contributed by atoms with Crippen LogP contribution in [0.15, 0.2) is 54.6 Å². The van der Waals surface area contributed by atoms with Crippen molar-refractivity contribution in [2.45, 2.75) is 12.8 Å². The quantitative estimate of drug-likeness (QED) is 0.637. The summed E-state index contributed by atoms with van der Waals surface area (Å²) in [6.07, 6.45) is 3.49. The lowest BCUT2D eigenvalue weighted by Gasteiger charge is -2.12. The molecule has 0 bridgehead atoms. The van der Waals surface area contributed by atoms with Gasteiger partial charge in [-0.2, -0.15) is 0 Å². The number of amides is 3. The van der Waals surface area contributed by atoms with E-state index in [0.29, 0.717) is 22.9 Å². The molecule has 3 amide bonds. The van der Waals surface area contributed by atoms with Gasteiger partial charge in [-0.3, -0.25) is 10.1 Å². The standard InChI is InChI=1S/C24H21N3O4/c1-25-24(30)27-20(28)14-31-23(29)21-17-9-5-6-10-19(17)26-22-16(11-12-18(21)22)13-15-7-3-2-4-8-15/h2-10,13H,11-12,14H2,1H3,(H2,25,27,28,30)/b16-13+. The monoisotopic (exact) mass is 415 g/mol. The zero-order chi connectivity index (χ0) is 21.8. The number of allylic oxidation sites excluding steroid dienone is 1. The first kappa shape index (κ1) is 20.3. The lowest BCUT2D eigenvalue weighted by atomic mass is 10.0. The minimum absolute atomic E-state index is 0.421. The summed E-state index contributed by atoms with van der Waals surface area (Å²) in [6, 6.07) is 16.7. The zero-order valence-corrected chi connectivity index (χ0v) is 17.0. The fourth-order valence-corrected chi connectivity index (χ4v) is 3.69. The fraction of sp³-hybridized carbons (Fsp3) is 0.167. The number of hydrogen-bond acceptors (Lipinski definition) is 5. The number of benzene rings is 2. The van der Waals surface area contributed by atoms with Gasteiger partial charge in [0.15, 0.2) is 6.61 Å². The Morgan fingerprint density at radius 3 is 2.55 bits per heavy atom. The van der Waals surface area contributed by atoms with Gasteiger partial charge >= 0.3 is 12.0 Å². The van der Waals surface area contributed by atoms with Crippen molar-refractivity contribution in [1.29, 1.82) is 0 Å². The number of hydrogen-bond donors (Lipinski definition) is 2. The van der Waals surface area contributed by atoms with E-state index < -0.39 is 24.5 Å². The summed E-state index contributed by atoms with van der Waals surface area (Å²) in [4.78, 5) is 40.9. The summed E-state index contributed by atoms with van der Waals surface area (Å²) < 4.78 is 5.24. The minimum Gasteiger partial charge on any atom is -0.452 e. The lowest BCUT2D eigenvalue weighted by molar-refractivity contribution is -0.123. The highest BCUT2D eigenvalue weighted by Crippen LogP contribution is 2.37. The minimum atomic E-state index is -0.702. The van der Waals surface area contributed by atoms with Crippen molar-refractivity contribution in [2.75, 3.05) is 13.7 Å². The number of carbonyl (C=O) groups excluding carboxylic acids is 3. The molecule has 7 heteroatoms. The summed E-state index contributed by atoms with van der Waals surface area (Å²) in [7, 11) is 1.39. The zero-order valence-electron chi connectivity index (χ0n) is 17.0. The average molecular weight is 415 g/mol. The van der Waals surface area contributed by atoms with Crippen LogP contribution in [0.4, 0.5) is 4.79 Å². The van der Waals surface area contributed by atoms with Crippen LogP contribution < -0.4 is 10.6 Å². The molecule has 2 N–H and O–H groups in total. The number of carbonyl (C=O) groups is 3. The number of fused-ring (bicyclic) bond motifs is 2. The van der Waals surface area contributed by atoms with Gasteiger partial charge in [-0.15, -0.1) is 0 Å². The van der Waals surface area contributed by atoms with Crippen molar-refractivity contribution in [3.63, 3.8) is 0 Å². The maximum Gasteiger partial charge on any atom is 0.339 e. The molecule has 1 aliphatic carbocycles. The van der Waals surface area contributed by atoms with Gasteiger partial charge in [0, 0.05) is 12.4 Å². The topological polar surface area (TPSA) is 97.4 Å². The fourth-order valence-electron chi connectivity index (χ4n) is 3.69. The van der Waals surface area contributed by atoms with Crippen molar-refractivity contribution in [1.82, 2.24) is 15.6 Å². The number of nitrogens with zero attached hydrogens (tertiary/aromatic N) is 1. The summed E-state index contributed by atoms with van der Waals surface area (Å²) in [5.74, 6) is -1.31. The maximum atomic E-state index is 13.0. The van der Waals surface area contributed by atoms with Gasteiger partial charge in [0.05, 0.1) is 16.8 Å². The molecule has 3 aromatic rings. The number of para-hydroxylation sites is 1. The van der Waals surface area contributed by atoms with Gasteiger partial charge in [0.2, 0.25) is 0 Å². The van der Waals surface area contributed by atoms with Gasteiger partial charge in [0.25, 0.3) is 5.91 Å². The molecule has 0 fully saturated rings. The van der Waals surface area contributed by atoms with Crippen LogP contribution in [0.3, 0.4) is 0 Å². The Morgan fingerprint density at radius 2 is 1.77 bits per heavy atom. The molecule has 156 valence electrons. The molecule has 0 atom stereocenters. The number of rotatable bonds is 4. The van der Waals surface area contributed by atoms with Crippen molar-refractivity contribution >= 4 is 40.5 Å². The number of nitrogens with one attached hydrogen (secondary N) is 2. The molecular formula is C24H21N3O4. The van der Waals surface area contributed by atoms with Crippen LogP contribution in [0.2, 0.25) is 0 Å². The highest BCUT2D eigenvalue weighted by atomic mass is 16.5. The smallest absolute Gasteiger partial charge is 0.339 e. The number of ether oxygens (including phenoxy) is 1. The van der Waals surface area contributed by atoms with Crippen molar-refractivity contribution in [3.8, 4) is 0 Å². The van der Waals surface area contributed by atoms with Crippen LogP contribution >= 0.6 is 0 Å². The van der Waals surface area contributed by atoms with E-state index in [9.17, 15) is 14.4 Å². The molecule has 2 aromatic carbocycles. The molecule has 1 heterocycles. The van der Waals surface area contributed by atoms with Crippen LogP contribution in [0.5, 0.6) is 0 Å². The second-order valence-electron chi connectivity index (χ2n) is 7.11. The molecule has 1 aromatic heterocycles. The molecule has 0 unspecified atom stereocenters. The van der Waals surface area contributed by atoms with Crippen molar-refractivity contribution < 1.29 is 19.1 Å². The average Bonchev–Trinajstić information content (AvgIpc) is 3.18. The summed E-state index contributed by atoms with van der Waals surface area (Å²) >= 11 is 0. The second-order valence-corrected chi connectivity index (χ2v) is 7.11. The summed E-state index contributed by atoms with van der Waals surface area (Å²) in [6.45, 7) is -0.551. The van der Waals surface area contributed by atoms with Crippen LogP contribution in [-0.2, 0) is 16.0 Å². The Kier molecular flexibility index (Phi) is 5.75. The van der Waals surface area contributed by atoms with E-state index in [1.54, 1.807) is 0 Å². The van der Waals surface area contributed by atoms with E-state index in [0.717, 1.165) is 28.8 Å². The number of pyridine rings is 1. The van der Waals surface area contributed by atoms with E-state index in [-0.39, 0.29) is 0 Å². The van der Waals surface area contributed by atoms with Gasteiger partial charge < -0.3 is 10.1 Å². The number of imide groups is 1. The molecule has 7 nitrogen and oxygen atoms in total. The number of esters is 1. The Balaban J connectivity index is 1.69. The normalized spacial score (nSPS) is 13.6. The van der Waals surface area contributed by atoms with Gasteiger partial charge in [-0.05, 0) is 41.7 Å². The van der Waals surface area contributed by atoms with Crippen LogP contribution in [-0.4, -0.2) is 36.5 Å². The van der Waals surface area contributed by atoms with E-state index in [2.05, 4.69) is 16.7 Å². The highest BCUT2D eigenvalue weighted by Gasteiger charge is 2.28. The molecule has 0 aliphatic heterocycles. The number of urea groups is 1. The Morgan fingerprint density at radius 1 is 1.03 bits per heavy atom. The van der Waals surface area contributed by atoms with Crippen LogP contribution in [0, 0.1) is 0 Å². The third-order valence-electron chi connectivity index (χ3n) is 5.10. The van der Waals surface area contributed by atoms with Crippen molar-refractivity contribution in [2.24, 2.45) is 0 Å². The molecule has 4 rings (SSSR count). The van der Waals surface area contributed by atoms with Gasteiger partial charge in [-0.1, -0.05) is 48.5 Å². The first-order chi connectivity index (χ1) is 15.1. The predicted molar refractivity (Wildman–Crippen MR) is 117 cm³/mol. The van der Waals surface area contributed by atoms with Crippen LogP contribution in [0.25, 0.3) is 22.6 Å². The number of aromatic nitrogens is 1. The Bertz CT molecular complexity index is 1200. The van der Waals surface area contributed by atoms with E-state index >= 15 is 0 Å². The maximum absolute atomic E-state index is 13.0. The first-order valence-corrected chi connectivity index (χ1v) is 9.93. The SMILES string of the molecule is CNC(=O)NC(=O)COC(=O)c1c2c(nc3ccccc13)/C(=C/c1ccccc1)CC2. The third-order valence-corrected chi connectivity index (χ3v) is 5.10. The largest absolute Gasteiger partial charge is 0.452 e. The predicted octanol–water partition coefficient (Wildman–Crippen LogP) is 3.33. The van der Waals surface area contributed by atoms with Gasteiger partial charge in [0.1, 0.15) is 0 Å². The second kappa shape index (κ2) is 8.79.